The summed E-state index contributed by atoms with van der Waals surface area (Å²) in [4.78, 5) is 11.7. The fourth-order valence-electron chi connectivity index (χ4n) is 1.79. The van der Waals surface area contributed by atoms with Gasteiger partial charge in [0, 0.05) is 18.0 Å². The Balaban J connectivity index is 1.89. The summed E-state index contributed by atoms with van der Waals surface area (Å²) in [5.74, 6) is 1.14. The molecule has 1 saturated heterocycles. The average Bonchev–Trinajstić information content (AvgIpc) is 2.66. The second kappa shape index (κ2) is 4.89. The number of benzene rings is 1. The van der Waals surface area contributed by atoms with Crippen molar-refractivity contribution in [3.8, 4) is 0 Å². The van der Waals surface area contributed by atoms with Crippen LogP contribution < -0.4 is 10.6 Å². The second-order valence-electron chi connectivity index (χ2n) is 4.10. The van der Waals surface area contributed by atoms with Gasteiger partial charge >= 0.3 is 0 Å². The Kier molecular flexibility index (Phi) is 3.51. The van der Waals surface area contributed by atoms with Crippen molar-refractivity contribution in [3.63, 3.8) is 0 Å². The van der Waals surface area contributed by atoms with Gasteiger partial charge in [-0.1, -0.05) is 18.2 Å². The molecule has 86 valence electrons. The van der Waals surface area contributed by atoms with Crippen molar-refractivity contribution in [3.05, 3.63) is 30.3 Å². The van der Waals surface area contributed by atoms with Crippen molar-refractivity contribution in [1.82, 2.24) is 5.32 Å². The van der Waals surface area contributed by atoms with Crippen LogP contribution >= 0.6 is 11.8 Å². The molecule has 1 aliphatic rings. The molecule has 2 N–H and O–H groups in total. The van der Waals surface area contributed by atoms with Crippen LogP contribution in [0.25, 0.3) is 0 Å². The van der Waals surface area contributed by atoms with Crippen molar-refractivity contribution in [1.29, 1.82) is 0 Å². The van der Waals surface area contributed by atoms with E-state index in [9.17, 15) is 4.79 Å². The van der Waals surface area contributed by atoms with E-state index in [0.717, 1.165) is 18.0 Å². The first-order chi connectivity index (χ1) is 7.68. The number of amides is 1. The van der Waals surface area contributed by atoms with Gasteiger partial charge in [0.1, 0.15) is 0 Å². The minimum Gasteiger partial charge on any atom is -0.326 e. The van der Waals surface area contributed by atoms with Crippen molar-refractivity contribution in [2.75, 3.05) is 17.6 Å². The number of rotatable bonds is 3. The molecule has 0 saturated carbocycles. The van der Waals surface area contributed by atoms with Crippen LogP contribution in [0.15, 0.2) is 30.3 Å². The van der Waals surface area contributed by atoms with E-state index in [1.807, 2.05) is 42.1 Å². The van der Waals surface area contributed by atoms with E-state index in [-0.39, 0.29) is 10.8 Å². The number of hydrogen-bond acceptors (Lipinski definition) is 3. The number of anilines is 1. The zero-order valence-electron chi connectivity index (χ0n) is 9.32. The molecule has 1 heterocycles. The standard InChI is InChI=1S/C12H16N2OS/c1-12(13-7-8-16-12)9-11(15)14-10-5-3-2-4-6-10/h2-6,13H,7-9H2,1H3,(H,14,15). The average molecular weight is 236 g/mol. The first-order valence-corrected chi connectivity index (χ1v) is 6.40. The van der Waals surface area contributed by atoms with Gasteiger partial charge in [-0.2, -0.15) is 0 Å². The molecule has 0 aromatic heterocycles. The topological polar surface area (TPSA) is 41.1 Å². The molecule has 4 heteroatoms. The molecule has 1 aromatic carbocycles. The maximum atomic E-state index is 11.8. The zero-order valence-corrected chi connectivity index (χ0v) is 10.1. The number of carbonyl (C=O) groups is 1. The van der Waals surface area contributed by atoms with E-state index in [0.29, 0.717) is 6.42 Å². The number of para-hydroxylation sites is 1. The Morgan fingerprint density at radius 1 is 1.50 bits per heavy atom. The quantitative estimate of drug-likeness (QED) is 0.844. The van der Waals surface area contributed by atoms with E-state index in [4.69, 9.17) is 0 Å². The van der Waals surface area contributed by atoms with Gasteiger partial charge in [-0.15, -0.1) is 11.8 Å². The van der Waals surface area contributed by atoms with Gasteiger partial charge in [0.15, 0.2) is 0 Å². The van der Waals surface area contributed by atoms with E-state index in [2.05, 4.69) is 17.6 Å². The Hall–Kier alpha value is -1.00. The van der Waals surface area contributed by atoms with Crippen LogP contribution in [0.5, 0.6) is 0 Å². The van der Waals surface area contributed by atoms with Crippen LogP contribution in [0, 0.1) is 0 Å². The summed E-state index contributed by atoms with van der Waals surface area (Å²) in [6, 6.07) is 9.57. The Labute approximate surface area is 100.0 Å². The van der Waals surface area contributed by atoms with E-state index >= 15 is 0 Å². The molecule has 1 atom stereocenters. The molecule has 1 fully saturated rings. The van der Waals surface area contributed by atoms with E-state index in [1.54, 1.807) is 0 Å². The molecule has 0 bridgehead atoms. The Bertz CT molecular complexity index is 361. The molecule has 3 nitrogen and oxygen atoms in total. The predicted molar refractivity (Wildman–Crippen MR) is 68.6 cm³/mol. The summed E-state index contributed by atoms with van der Waals surface area (Å²) in [5.41, 5.74) is 0.860. The van der Waals surface area contributed by atoms with Gasteiger partial charge < -0.3 is 10.6 Å². The van der Waals surface area contributed by atoms with Gasteiger partial charge in [-0.05, 0) is 19.1 Å². The fourth-order valence-corrected chi connectivity index (χ4v) is 2.88. The Morgan fingerprint density at radius 3 is 2.88 bits per heavy atom. The van der Waals surface area contributed by atoms with Crippen LogP contribution in [0.1, 0.15) is 13.3 Å². The number of nitrogens with one attached hydrogen (secondary N) is 2. The molecular weight excluding hydrogens is 220 g/mol. The van der Waals surface area contributed by atoms with Crippen LogP contribution in [-0.4, -0.2) is 23.1 Å². The lowest BCUT2D eigenvalue weighted by molar-refractivity contribution is -0.116. The third-order valence-corrected chi connectivity index (χ3v) is 3.91. The summed E-state index contributed by atoms with van der Waals surface area (Å²) >= 11 is 1.81. The van der Waals surface area contributed by atoms with Crippen LogP contribution in [0.3, 0.4) is 0 Å². The van der Waals surface area contributed by atoms with E-state index < -0.39 is 0 Å². The Morgan fingerprint density at radius 2 is 2.25 bits per heavy atom. The normalized spacial score (nSPS) is 24.3. The predicted octanol–water partition coefficient (Wildman–Crippen LogP) is 2.07. The monoisotopic (exact) mass is 236 g/mol. The first kappa shape index (κ1) is 11.5. The molecule has 0 spiro atoms. The van der Waals surface area contributed by atoms with Crippen LogP contribution in [0.4, 0.5) is 5.69 Å². The van der Waals surface area contributed by atoms with E-state index in [1.165, 1.54) is 0 Å². The van der Waals surface area contributed by atoms with Crippen molar-refractivity contribution in [2.24, 2.45) is 0 Å². The zero-order chi connectivity index (χ0) is 11.4. The highest BCUT2D eigenvalue weighted by Crippen LogP contribution is 2.30. The van der Waals surface area contributed by atoms with Crippen molar-refractivity contribution < 1.29 is 4.79 Å². The summed E-state index contributed by atoms with van der Waals surface area (Å²) in [6.07, 6.45) is 0.507. The molecule has 1 aliphatic heterocycles. The highest BCUT2D eigenvalue weighted by atomic mass is 32.2. The summed E-state index contributed by atoms with van der Waals surface area (Å²) in [5, 5.41) is 6.25. The van der Waals surface area contributed by atoms with Crippen LogP contribution in [0.2, 0.25) is 0 Å². The largest absolute Gasteiger partial charge is 0.326 e. The van der Waals surface area contributed by atoms with Crippen molar-refractivity contribution in [2.45, 2.75) is 18.2 Å². The lowest BCUT2D eigenvalue weighted by Gasteiger charge is -2.22. The molecule has 0 radical (unpaired) electrons. The van der Waals surface area contributed by atoms with Gasteiger partial charge in [0.05, 0.1) is 11.3 Å². The lowest BCUT2D eigenvalue weighted by atomic mass is 10.2. The van der Waals surface area contributed by atoms with Crippen LogP contribution in [-0.2, 0) is 4.79 Å². The maximum Gasteiger partial charge on any atom is 0.227 e. The molecule has 0 aliphatic carbocycles. The third-order valence-electron chi connectivity index (χ3n) is 2.58. The van der Waals surface area contributed by atoms with Gasteiger partial charge in [0.25, 0.3) is 0 Å². The fraction of sp³-hybridized carbons (Fsp3) is 0.417. The number of hydrogen-bond donors (Lipinski definition) is 2. The van der Waals surface area contributed by atoms with Gasteiger partial charge in [0.2, 0.25) is 5.91 Å². The molecule has 16 heavy (non-hydrogen) atoms. The SMILES string of the molecule is CC1(CC(=O)Nc2ccccc2)NCCS1. The maximum absolute atomic E-state index is 11.8. The molecule has 2 rings (SSSR count). The van der Waals surface area contributed by atoms with Gasteiger partial charge in [-0.25, -0.2) is 0 Å². The first-order valence-electron chi connectivity index (χ1n) is 5.42. The molecule has 1 amide bonds. The molecular formula is C12H16N2OS. The van der Waals surface area contributed by atoms with Crippen molar-refractivity contribution >= 4 is 23.4 Å². The molecule has 1 aromatic rings. The summed E-state index contributed by atoms with van der Waals surface area (Å²) in [7, 11) is 0. The smallest absolute Gasteiger partial charge is 0.227 e. The minimum absolute atomic E-state index is 0.0654. The minimum atomic E-state index is -0.0983. The summed E-state index contributed by atoms with van der Waals surface area (Å²) in [6.45, 7) is 3.06. The number of carbonyl (C=O) groups excluding carboxylic acids is 1. The summed E-state index contributed by atoms with van der Waals surface area (Å²) < 4.78 is 0. The third kappa shape index (κ3) is 3.00. The van der Waals surface area contributed by atoms with Gasteiger partial charge in [-0.3, -0.25) is 4.79 Å². The second-order valence-corrected chi connectivity index (χ2v) is 5.70. The highest BCUT2D eigenvalue weighted by Gasteiger charge is 2.31. The number of thioether (sulfide) groups is 1. The molecule has 1 unspecified atom stereocenters. The highest BCUT2D eigenvalue weighted by molar-refractivity contribution is 8.00. The lowest BCUT2D eigenvalue weighted by Crippen LogP contribution is -2.37.